The Morgan fingerprint density at radius 3 is 2.68 bits per heavy atom. The number of rotatable bonds is 5. The van der Waals surface area contributed by atoms with Crippen LogP contribution in [0.25, 0.3) is 0 Å². The lowest BCUT2D eigenvalue weighted by atomic mass is 9.80. The standard InChI is InChI=1S/C24H25N3O4/c1-15-10-11-16(12-21(15)31-2)14-25-22(28)17-6-5-7-18(13-17)27-24(30)20-9-4-3-8-19(20)23(29)26-27/h3-7,10-13,19-20H,8-9,14H2,1-2H3,(H,25,28)(H,26,29). The van der Waals surface area contributed by atoms with Crippen LogP contribution in [0.2, 0.25) is 0 Å². The minimum Gasteiger partial charge on any atom is -0.496 e. The summed E-state index contributed by atoms with van der Waals surface area (Å²) in [5.41, 5.74) is 5.50. The number of methoxy groups -OCH3 is 1. The molecule has 4 rings (SSSR count). The van der Waals surface area contributed by atoms with Crippen molar-refractivity contribution in [2.24, 2.45) is 11.8 Å². The minimum atomic E-state index is -0.368. The molecule has 2 aromatic rings. The smallest absolute Gasteiger partial charge is 0.251 e. The van der Waals surface area contributed by atoms with E-state index in [9.17, 15) is 14.4 Å². The zero-order valence-corrected chi connectivity index (χ0v) is 17.6. The average molecular weight is 419 g/mol. The number of amides is 3. The van der Waals surface area contributed by atoms with Crippen LogP contribution in [0.3, 0.4) is 0 Å². The highest BCUT2D eigenvalue weighted by Crippen LogP contribution is 2.32. The van der Waals surface area contributed by atoms with E-state index in [1.165, 1.54) is 5.01 Å². The van der Waals surface area contributed by atoms with Crippen LogP contribution in [0.15, 0.2) is 54.6 Å². The van der Waals surface area contributed by atoms with E-state index >= 15 is 0 Å². The van der Waals surface area contributed by atoms with Crippen LogP contribution in [-0.4, -0.2) is 24.8 Å². The van der Waals surface area contributed by atoms with Gasteiger partial charge in [0.1, 0.15) is 5.75 Å². The topological polar surface area (TPSA) is 87.7 Å². The van der Waals surface area contributed by atoms with Crippen molar-refractivity contribution in [3.8, 4) is 5.75 Å². The summed E-state index contributed by atoms with van der Waals surface area (Å²) in [6.45, 7) is 2.30. The number of nitrogens with one attached hydrogen (secondary N) is 2. The van der Waals surface area contributed by atoms with E-state index in [1.54, 1.807) is 31.4 Å². The molecule has 0 bridgehead atoms. The number of carbonyl (C=O) groups is 3. The number of hydrogen-bond acceptors (Lipinski definition) is 4. The highest BCUT2D eigenvalue weighted by molar-refractivity contribution is 6.05. The summed E-state index contributed by atoms with van der Waals surface area (Å²) in [4.78, 5) is 38.1. The summed E-state index contributed by atoms with van der Waals surface area (Å²) in [5, 5.41) is 4.16. The Labute approximate surface area is 181 Å². The summed E-state index contributed by atoms with van der Waals surface area (Å²) in [5.74, 6) is -0.519. The van der Waals surface area contributed by atoms with Crippen molar-refractivity contribution in [3.05, 3.63) is 71.3 Å². The largest absolute Gasteiger partial charge is 0.496 e. The Kier molecular flexibility index (Phi) is 5.75. The zero-order chi connectivity index (χ0) is 22.0. The Bertz CT molecular complexity index is 1060. The number of allylic oxidation sites excluding steroid dienone is 2. The zero-order valence-electron chi connectivity index (χ0n) is 17.6. The molecular weight excluding hydrogens is 394 g/mol. The fraction of sp³-hybridized carbons (Fsp3) is 0.292. The van der Waals surface area contributed by atoms with Crippen molar-refractivity contribution in [3.63, 3.8) is 0 Å². The van der Waals surface area contributed by atoms with Gasteiger partial charge in [-0.2, -0.15) is 0 Å². The number of carbonyl (C=O) groups excluding carboxylic acids is 3. The highest BCUT2D eigenvalue weighted by Gasteiger charge is 2.42. The molecule has 2 atom stereocenters. The van der Waals surface area contributed by atoms with Crippen molar-refractivity contribution < 1.29 is 19.1 Å². The predicted molar refractivity (Wildman–Crippen MR) is 116 cm³/mol. The fourth-order valence-corrected chi connectivity index (χ4v) is 4.03. The number of hydrogen-bond donors (Lipinski definition) is 2. The molecule has 0 aromatic heterocycles. The Morgan fingerprint density at radius 2 is 1.90 bits per heavy atom. The third-order valence-electron chi connectivity index (χ3n) is 5.82. The summed E-state index contributed by atoms with van der Waals surface area (Å²) < 4.78 is 5.33. The molecule has 1 aliphatic carbocycles. The van der Waals surface area contributed by atoms with E-state index in [0.717, 1.165) is 16.9 Å². The normalized spacial score (nSPS) is 20.1. The predicted octanol–water partition coefficient (Wildman–Crippen LogP) is 2.89. The summed E-state index contributed by atoms with van der Waals surface area (Å²) in [6.07, 6.45) is 5.01. The lowest BCUT2D eigenvalue weighted by Gasteiger charge is -2.38. The van der Waals surface area contributed by atoms with E-state index in [2.05, 4.69) is 10.7 Å². The van der Waals surface area contributed by atoms with Crippen LogP contribution in [0.5, 0.6) is 5.75 Å². The second-order valence-electron chi connectivity index (χ2n) is 7.84. The number of benzene rings is 2. The van der Waals surface area contributed by atoms with Gasteiger partial charge in [-0.15, -0.1) is 0 Å². The minimum absolute atomic E-state index is 0.154. The number of nitrogens with zero attached hydrogens (tertiary/aromatic N) is 1. The van der Waals surface area contributed by atoms with Gasteiger partial charge in [-0.25, -0.2) is 5.01 Å². The number of ether oxygens (including phenoxy) is 1. The maximum absolute atomic E-state index is 13.0. The third kappa shape index (κ3) is 4.17. The molecule has 160 valence electrons. The van der Waals surface area contributed by atoms with Crippen LogP contribution < -0.4 is 20.5 Å². The second-order valence-corrected chi connectivity index (χ2v) is 7.84. The number of aryl methyl sites for hydroxylation is 1. The lowest BCUT2D eigenvalue weighted by molar-refractivity contribution is -0.139. The van der Waals surface area contributed by atoms with Crippen LogP contribution in [-0.2, 0) is 16.1 Å². The summed E-state index contributed by atoms with van der Waals surface area (Å²) in [7, 11) is 1.61. The van der Waals surface area contributed by atoms with Gasteiger partial charge in [0.05, 0.1) is 24.6 Å². The van der Waals surface area contributed by atoms with Gasteiger partial charge in [-0.3, -0.25) is 19.8 Å². The van der Waals surface area contributed by atoms with Gasteiger partial charge in [0.25, 0.3) is 5.91 Å². The van der Waals surface area contributed by atoms with E-state index in [4.69, 9.17) is 4.74 Å². The first kappa shape index (κ1) is 20.7. The Balaban J connectivity index is 1.48. The molecule has 7 nitrogen and oxygen atoms in total. The molecular formula is C24H25N3O4. The fourth-order valence-electron chi connectivity index (χ4n) is 4.03. The number of fused-ring (bicyclic) bond motifs is 1. The van der Waals surface area contributed by atoms with Crippen LogP contribution in [0.1, 0.15) is 34.3 Å². The van der Waals surface area contributed by atoms with Gasteiger partial charge in [-0.05, 0) is 55.2 Å². The van der Waals surface area contributed by atoms with Crippen LogP contribution in [0.4, 0.5) is 5.69 Å². The van der Waals surface area contributed by atoms with E-state index in [-0.39, 0.29) is 29.6 Å². The highest BCUT2D eigenvalue weighted by atomic mass is 16.5. The summed E-state index contributed by atoms with van der Waals surface area (Å²) in [6, 6.07) is 12.5. The van der Waals surface area contributed by atoms with Gasteiger partial charge in [0.2, 0.25) is 11.8 Å². The molecule has 1 aliphatic heterocycles. The molecule has 1 saturated heterocycles. The first-order valence-corrected chi connectivity index (χ1v) is 10.3. The SMILES string of the molecule is COc1cc(CNC(=O)c2cccc(N3NC(=O)C4CC=CCC4C3=O)c2)ccc1C. The van der Waals surface area contributed by atoms with Gasteiger partial charge in [0, 0.05) is 12.1 Å². The maximum Gasteiger partial charge on any atom is 0.251 e. The molecule has 2 aromatic carbocycles. The van der Waals surface area contributed by atoms with Crippen molar-refractivity contribution in [2.75, 3.05) is 12.1 Å². The van der Waals surface area contributed by atoms with Gasteiger partial charge < -0.3 is 10.1 Å². The van der Waals surface area contributed by atoms with E-state index < -0.39 is 0 Å². The van der Waals surface area contributed by atoms with Gasteiger partial charge in [0.15, 0.2) is 0 Å². The quantitative estimate of drug-likeness (QED) is 0.730. The van der Waals surface area contributed by atoms with Gasteiger partial charge in [-0.1, -0.05) is 30.4 Å². The van der Waals surface area contributed by atoms with Crippen LogP contribution >= 0.6 is 0 Å². The molecule has 31 heavy (non-hydrogen) atoms. The number of hydrazine groups is 1. The molecule has 0 radical (unpaired) electrons. The molecule has 0 saturated carbocycles. The van der Waals surface area contributed by atoms with Crippen LogP contribution in [0, 0.1) is 18.8 Å². The third-order valence-corrected chi connectivity index (χ3v) is 5.82. The molecule has 2 aliphatic rings. The van der Waals surface area contributed by atoms with Crippen molar-refractivity contribution in [2.45, 2.75) is 26.3 Å². The lowest BCUT2D eigenvalue weighted by Crippen LogP contribution is -2.59. The monoisotopic (exact) mass is 419 g/mol. The summed E-state index contributed by atoms with van der Waals surface area (Å²) >= 11 is 0. The van der Waals surface area contributed by atoms with E-state index in [1.807, 2.05) is 37.3 Å². The van der Waals surface area contributed by atoms with E-state index in [0.29, 0.717) is 30.6 Å². The van der Waals surface area contributed by atoms with Crippen molar-refractivity contribution in [1.29, 1.82) is 0 Å². The van der Waals surface area contributed by atoms with Gasteiger partial charge >= 0.3 is 0 Å². The second kappa shape index (κ2) is 8.63. The van der Waals surface area contributed by atoms with Crippen molar-refractivity contribution >= 4 is 23.4 Å². The maximum atomic E-state index is 13.0. The number of anilines is 1. The molecule has 7 heteroatoms. The molecule has 2 N–H and O–H groups in total. The molecule has 2 unspecified atom stereocenters. The first-order chi connectivity index (χ1) is 15.0. The van der Waals surface area contributed by atoms with Crippen molar-refractivity contribution in [1.82, 2.24) is 10.7 Å². The Morgan fingerprint density at radius 1 is 1.13 bits per heavy atom. The molecule has 1 heterocycles. The molecule has 0 spiro atoms. The molecule has 1 fully saturated rings. The average Bonchev–Trinajstić information content (AvgIpc) is 2.80. The first-order valence-electron chi connectivity index (χ1n) is 10.3. The molecule has 3 amide bonds. The Hall–Kier alpha value is -3.61.